The quantitative estimate of drug-likeness (QED) is 0.467. The van der Waals surface area contributed by atoms with Crippen LogP contribution in [0.1, 0.15) is 10.6 Å². The van der Waals surface area contributed by atoms with Gasteiger partial charge in [0.25, 0.3) is 0 Å². The molecule has 0 bridgehead atoms. The third-order valence-corrected chi connectivity index (χ3v) is 3.10. The first-order valence-corrected chi connectivity index (χ1v) is 5.81. The van der Waals surface area contributed by atoms with E-state index < -0.39 is 0 Å². The summed E-state index contributed by atoms with van der Waals surface area (Å²) in [6.07, 6.45) is 0. The Morgan fingerprint density at radius 3 is 2.76 bits per heavy atom. The second kappa shape index (κ2) is 4.93. The normalized spacial score (nSPS) is 10.2. The maximum absolute atomic E-state index is 5.55. The van der Waals surface area contributed by atoms with Crippen molar-refractivity contribution in [3.63, 3.8) is 0 Å². The van der Waals surface area contributed by atoms with Crippen LogP contribution in [0.15, 0.2) is 11.6 Å². The van der Waals surface area contributed by atoms with Crippen molar-refractivity contribution in [1.82, 2.24) is 15.0 Å². The minimum atomic E-state index is 0.170. The second-order valence-electron chi connectivity index (χ2n) is 3.36. The van der Waals surface area contributed by atoms with Crippen LogP contribution in [0.25, 0.3) is 0 Å². The van der Waals surface area contributed by atoms with Crippen molar-refractivity contribution in [1.29, 1.82) is 0 Å². The van der Waals surface area contributed by atoms with Gasteiger partial charge in [0.05, 0.1) is 17.7 Å². The summed E-state index contributed by atoms with van der Waals surface area (Å²) in [7, 11) is 0. The summed E-state index contributed by atoms with van der Waals surface area (Å²) < 4.78 is 0. The number of hydrogen-bond donors (Lipinski definition) is 4. The van der Waals surface area contributed by atoms with E-state index in [0.29, 0.717) is 18.2 Å². The zero-order valence-corrected chi connectivity index (χ0v) is 10.1. The van der Waals surface area contributed by atoms with Gasteiger partial charge in [0.15, 0.2) is 0 Å². The van der Waals surface area contributed by atoms with Gasteiger partial charge >= 0.3 is 0 Å². The van der Waals surface area contributed by atoms with Crippen molar-refractivity contribution >= 4 is 28.9 Å². The molecule has 0 aliphatic heterocycles. The van der Waals surface area contributed by atoms with Gasteiger partial charge in [-0.1, -0.05) is 0 Å². The number of hydrazine groups is 1. The van der Waals surface area contributed by atoms with Crippen molar-refractivity contribution in [2.75, 3.05) is 16.5 Å². The Labute approximate surface area is 102 Å². The van der Waals surface area contributed by atoms with E-state index in [0.717, 1.165) is 10.6 Å². The van der Waals surface area contributed by atoms with Crippen LogP contribution in [-0.2, 0) is 6.54 Å². The molecule has 0 aromatic carbocycles. The molecule has 7 nitrogen and oxygen atoms in total. The summed E-state index contributed by atoms with van der Waals surface area (Å²) in [6, 6.07) is 1.69. The van der Waals surface area contributed by atoms with Crippen LogP contribution < -0.4 is 22.3 Å². The predicted octanol–water partition coefficient (Wildman–Crippen LogP) is 0.721. The molecule has 0 unspecified atom stereocenters. The van der Waals surface area contributed by atoms with Gasteiger partial charge in [-0.15, -0.1) is 11.3 Å². The number of nitrogen functional groups attached to an aromatic ring is 2. The number of nitrogens with two attached hydrogens (primary N) is 2. The number of hydrogen-bond acceptors (Lipinski definition) is 8. The number of anilines is 3. The highest BCUT2D eigenvalue weighted by Gasteiger charge is 2.04. The van der Waals surface area contributed by atoms with Gasteiger partial charge in [-0.25, -0.2) is 10.8 Å². The number of rotatable bonds is 4. The fourth-order valence-electron chi connectivity index (χ4n) is 1.30. The van der Waals surface area contributed by atoms with Crippen molar-refractivity contribution in [2.45, 2.75) is 13.5 Å². The van der Waals surface area contributed by atoms with E-state index in [9.17, 15) is 0 Å². The molecule has 6 N–H and O–H groups in total. The zero-order valence-electron chi connectivity index (χ0n) is 9.27. The van der Waals surface area contributed by atoms with E-state index in [1.165, 1.54) is 0 Å². The Morgan fingerprint density at radius 1 is 1.35 bits per heavy atom. The molecule has 0 spiro atoms. The summed E-state index contributed by atoms with van der Waals surface area (Å²) in [4.78, 5) is 13.3. The van der Waals surface area contributed by atoms with E-state index >= 15 is 0 Å². The highest BCUT2D eigenvalue weighted by atomic mass is 32.1. The molecule has 17 heavy (non-hydrogen) atoms. The Hall–Kier alpha value is -1.93. The average molecular weight is 251 g/mol. The van der Waals surface area contributed by atoms with E-state index in [2.05, 4.69) is 25.7 Å². The Morgan fingerprint density at radius 2 is 2.12 bits per heavy atom. The van der Waals surface area contributed by atoms with E-state index in [1.54, 1.807) is 17.4 Å². The molecule has 2 aromatic heterocycles. The molecular formula is C9H13N7S. The monoisotopic (exact) mass is 251 g/mol. The van der Waals surface area contributed by atoms with Crippen LogP contribution >= 0.6 is 11.3 Å². The first kappa shape index (κ1) is 11.6. The third-order valence-electron chi connectivity index (χ3n) is 2.17. The molecule has 0 atom stereocenters. The second-order valence-corrected chi connectivity index (χ2v) is 4.29. The minimum absolute atomic E-state index is 0.170. The summed E-state index contributed by atoms with van der Waals surface area (Å²) in [6.45, 7) is 2.62. The molecule has 0 aliphatic rings. The van der Waals surface area contributed by atoms with E-state index in [1.807, 2.05) is 12.4 Å². The number of aryl methyl sites for hydroxylation is 1. The SMILES string of the molecule is Cc1ncsc1CNc1cc(NN)nc(N)n1. The molecule has 8 heteroatoms. The molecule has 0 aliphatic carbocycles. The van der Waals surface area contributed by atoms with Crippen LogP contribution in [0.4, 0.5) is 17.6 Å². The first-order valence-electron chi connectivity index (χ1n) is 4.93. The number of aromatic nitrogens is 3. The highest BCUT2D eigenvalue weighted by molar-refractivity contribution is 7.09. The summed E-state index contributed by atoms with van der Waals surface area (Å²) in [5, 5.41) is 3.15. The molecule has 2 aromatic rings. The lowest BCUT2D eigenvalue weighted by atomic mass is 10.4. The molecule has 0 saturated heterocycles. The molecule has 0 radical (unpaired) electrons. The lowest BCUT2D eigenvalue weighted by Gasteiger charge is -2.07. The fourth-order valence-corrected chi connectivity index (χ4v) is 2.01. The predicted molar refractivity (Wildman–Crippen MR) is 68.4 cm³/mol. The number of thiazole rings is 1. The van der Waals surface area contributed by atoms with Gasteiger partial charge in [-0.2, -0.15) is 9.97 Å². The molecule has 2 heterocycles. The summed E-state index contributed by atoms with van der Waals surface area (Å²) >= 11 is 1.59. The summed E-state index contributed by atoms with van der Waals surface area (Å²) in [5.41, 5.74) is 10.8. The molecule has 0 fully saturated rings. The molecule has 0 saturated carbocycles. The van der Waals surface area contributed by atoms with Gasteiger partial charge in [-0.3, -0.25) is 0 Å². The van der Waals surface area contributed by atoms with Gasteiger partial charge < -0.3 is 16.5 Å². The molecule has 90 valence electrons. The molecule has 2 rings (SSSR count). The van der Waals surface area contributed by atoms with Gasteiger partial charge in [0, 0.05) is 10.9 Å². The van der Waals surface area contributed by atoms with Crippen LogP contribution in [0, 0.1) is 6.92 Å². The maximum Gasteiger partial charge on any atom is 0.223 e. The average Bonchev–Trinajstić information content (AvgIpc) is 2.71. The zero-order chi connectivity index (χ0) is 12.3. The van der Waals surface area contributed by atoms with Crippen LogP contribution in [-0.4, -0.2) is 15.0 Å². The lowest BCUT2D eigenvalue weighted by Crippen LogP contribution is -2.12. The van der Waals surface area contributed by atoms with Crippen molar-refractivity contribution < 1.29 is 0 Å². The Bertz CT molecular complexity index is 510. The standard InChI is InChI=1S/C9H13N7S/c1-5-6(17-4-13-5)3-12-7-2-8(16-11)15-9(10)14-7/h2,4H,3,11H2,1H3,(H4,10,12,14,15,16). The third kappa shape index (κ3) is 2.80. The van der Waals surface area contributed by atoms with Crippen LogP contribution in [0.2, 0.25) is 0 Å². The number of nitrogens with one attached hydrogen (secondary N) is 2. The number of nitrogens with zero attached hydrogens (tertiary/aromatic N) is 3. The van der Waals surface area contributed by atoms with E-state index in [4.69, 9.17) is 11.6 Å². The topological polar surface area (TPSA) is 115 Å². The molecular weight excluding hydrogens is 238 g/mol. The largest absolute Gasteiger partial charge is 0.368 e. The highest BCUT2D eigenvalue weighted by Crippen LogP contribution is 2.16. The first-order chi connectivity index (χ1) is 8.19. The van der Waals surface area contributed by atoms with Crippen molar-refractivity contribution in [2.24, 2.45) is 5.84 Å². The van der Waals surface area contributed by atoms with Crippen LogP contribution in [0.5, 0.6) is 0 Å². The Balaban J connectivity index is 2.09. The van der Waals surface area contributed by atoms with Crippen molar-refractivity contribution in [3.05, 3.63) is 22.1 Å². The van der Waals surface area contributed by atoms with Gasteiger partial charge in [-0.05, 0) is 6.92 Å². The van der Waals surface area contributed by atoms with Gasteiger partial charge in [0.2, 0.25) is 5.95 Å². The summed E-state index contributed by atoms with van der Waals surface area (Å²) in [5.74, 6) is 6.54. The molecule has 0 amide bonds. The minimum Gasteiger partial charge on any atom is -0.368 e. The fraction of sp³-hybridized carbons (Fsp3) is 0.222. The van der Waals surface area contributed by atoms with Crippen molar-refractivity contribution in [3.8, 4) is 0 Å². The maximum atomic E-state index is 5.55. The lowest BCUT2D eigenvalue weighted by molar-refractivity contribution is 1.08. The van der Waals surface area contributed by atoms with Gasteiger partial charge in [0.1, 0.15) is 11.6 Å². The van der Waals surface area contributed by atoms with E-state index in [-0.39, 0.29) is 5.95 Å². The smallest absolute Gasteiger partial charge is 0.223 e. The van der Waals surface area contributed by atoms with Crippen LogP contribution in [0.3, 0.4) is 0 Å². The Kier molecular flexibility index (Phi) is 3.35.